The molecule has 0 bridgehead atoms. The second-order valence-electron chi connectivity index (χ2n) is 4.00. The minimum Gasteiger partial charge on any atom is -0.254 e. The number of para-hydroxylation sites is 1. The van der Waals surface area contributed by atoms with Crippen LogP contribution in [0, 0.1) is 5.82 Å². The second-order valence-corrected chi connectivity index (χ2v) is 6.53. The summed E-state index contributed by atoms with van der Waals surface area (Å²) >= 11 is 1.50. The van der Waals surface area contributed by atoms with Crippen molar-refractivity contribution in [3.63, 3.8) is 0 Å². The minimum absolute atomic E-state index is 0.238. The Bertz CT molecular complexity index is 721. The molecule has 1 unspecified atom stereocenters. The van der Waals surface area contributed by atoms with Crippen LogP contribution in [-0.2, 0) is 16.6 Å². The fourth-order valence-electron chi connectivity index (χ4n) is 1.80. The molecule has 0 N–H and O–H groups in total. The molecule has 0 aliphatic heterocycles. The van der Waals surface area contributed by atoms with Crippen molar-refractivity contribution < 1.29 is 8.60 Å². The van der Waals surface area contributed by atoms with E-state index in [1.54, 1.807) is 18.2 Å². The van der Waals surface area contributed by atoms with Gasteiger partial charge in [0, 0.05) is 0 Å². The van der Waals surface area contributed by atoms with Crippen molar-refractivity contribution in [2.75, 3.05) is 0 Å². The van der Waals surface area contributed by atoms with Crippen molar-refractivity contribution in [3.05, 3.63) is 59.4 Å². The van der Waals surface area contributed by atoms with Crippen molar-refractivity contribution in [2.24, 2.45) is 0 Å². The number of halogens is 1. The van der Waals surface area contributed by atoms with Crippen LogP contribution in [0.4, 0.5) is 4.39 Å². The van der Waals surface area contributed by atoms with Crippen LogP contribution in [0.5, 0.6) is 0 Å². The van der Waals surface area contributed by atoms with E-state index in [4.69, 9.17) is 0 Å². The van der Waals surface area contributed by atoms with E-state index in [0.717, 1.165) is 15.2 Å². The zero-order chi connectivity index (χ0) is 13.2. The molecule has 0 fully saturated rings. The van der Waals surface area contributed by atoms with Crippen LogP contribution in [0.1, 0.15) is 5.01 Å². The molecular weight excluding hydrogens is 281 g/mol. The zero-order valence-corrected chi connectivity index (χ0v) is 11.5. The summed E-state index contributed by atoms with van der Waals surface area (Å²) in [5.74, 6) is -0.178. The first-order valence-electron chi connectivity index (χ1n) is 5.71. The summed E-state index contributed by atoms with van der Waals surface area (Å²) in [6, 6.07) is 13.9. The Hall–Kier alpha value is -1.59. The van der Waals surface area contributed by atoms with Crippen molar-refractivity contribution in [3.8, 4) is 0 Å². The first-order valence-corrected chi connectivity index (χ1v) is 7.85. The second kappa shape index (κ2) is 5.19. The molecule has 5 heteroatoms. The number of nitrogens with zero attached hydrogens (tertiary/aromatic N) is 1. The monoisotopic (exact) mass is 291 g/mol. The van der Waals surface area contributed by atoms with E-state index in [9.17, 15) is 8.60 Å². The van der Waals surface area contributed by atoms with Gasteiger partial charge in [0.25, 0.3) is 0 Å². The van der Waals surface area contributed by atoms with E-state index in [1.165, 1.54) is 17.4 Å². The van der Waals surface area contributed by atoms with Gasteiger partial charge < -0.3 is 0 Å². The Balaban J connectivity index is 1.89. The van der Waals surface area contributed by atoms with E-state index >= 15 is 0 Å². The van der Waals surface area contributed by atoms with Gasteiger partial charge in [-0.05, 0) is 24.3 Å². The summed E-state index contributed by atoms with van der Waals surface area (Å²) in [5, 5.41) is 0.766. The molecular formula is C14H10FNOS2. The van der Waals surface area contributed by atoms with Crippen LogP contribution < -0.4 is 0 Å². The van der Waals surface area contributed by atoms with Gasteiger partial charge >= 0.3 is 0 Å². The molecule has 2 aromatic carbocycles. The first-order chi connectivity index (χ1) is 9.24. The largest absolute Gasteiger partial charge is 0.254 e. The molecule has 0 saturated carbocycles. The van der Waals surface area contributed by atoms with Gasteiger partial charge in [-0.1, -0.05) is 24.3 Å². The number of thiazole rings is 1. The molecule has 3 aromatic rings. The van der Waals surface area contributed by atoms with Gasteiger partial charge in [-0.15, -0.1) is 11.3 Å². The lowest BCUT2D eigenvalue weighted by Crippen LogP contribution is -1.98. The molecule has 1 heterocycles. The Morgan fingerprint density at radius 1 is 1.11 bits per heavy atom. The molecule has 0 amide bonds. The maximum absolute atomic E-state index is 13.5. The summed E-state index contributed by atoms with van der Waals surface area (Å²) in [5.41, 5.74) is 0.896. The lowest BCUT2D eigenvalue weighted by atomic mass is 10.3. The molecule has 19 heavy (non-hydrogen) atoms. The van der Waals surface area contributed by atoms with E-state index in [0.29, 0.717) is 0 Å². The van der Waals surface area contributed by atoms with Crippen LogP contribution in [0.25, 0.3) is 10.2 Å². The van der Waals surface area contributed by atoms with Gasteiger partial charge in [0.1, 0.15) is 10.8 Å². The van der Waals surface area contributed by atoms with Crippen LogP contribution in [0.15, 0.2) is 53.4 Å². The minimum atomic E-state index is -1.40. The summed E-state index contributed by atoms with van der Waals surface area (Å²) in [6.45, 7) is 0. The molecule has 96 valence electrons. The molecule has 0 radical (unpaired) electrons. The lowest BCUT2D eigenvalue weighted by Gasteiger charge is -2.00. The predicted molar refractivity (Wildman–Crippen MR) is 76.1 cm³/mol. The summed E-state index contributed by atoms with van der Waals surface area (Å²) < 4.78 is 26.7. The fourth-order valence-corrected chi connectivity index (χ4v) is 4.08. The molecule has 0 spiro atoms. The van der Waals surface area contributed by atoms with Gasteiger partial charge in [0.15, 0.2) is 0 Å². The summed E-state index contributed by atoms with van der Waals surface area (Å²) in [7, 11) is -1.40. The summed E-state index contributed by atoms with van der Waals surface area (Å²) in [4.78, 5) is 4.65. The fraction of sp³-hybridized carbons (Fsp3) is 0.0714. The number of rotatable bonds is 3. The molecule has 2 nitrogen and oxygen atoms in total. The topological polar surface area (TPSA) is 30.0 Å². The van der Waals surface area contributed by atoms with E-state index in [2.05, 4.69) is 4.98 Å². The van der Waals surface area contributed by atoms with E-state index in [-0.39, 0.29) is 10.6 Å². The Morgan fingerprint density at radius 3 is 2.63 bits per heavy atom. The molecule has 0 aliphatic rings. The number of benzene rings is 2. The molecule has 0 saturated heterocycles. The van der Waals surface area contributed by atoms with Crippen molar-refractivity contribution in [1.29, 1.82) is 0 Å². The van der Waals surface area contributed by atoms with Crippen LogP contribution >= 0.6 is 11.3 Å². The van der Waals surface area contributed by atoms with Gasteiger partial charge in [-0.3, -0.25) is 4.21 Å². The molecule has 1 aromatic heterocycles. The zero-order valence-electron chi connectivity index (χ0n) is 9.88. The first kappa shape index (κ1) is 12.4. The van der Waals surface area contributed by atoms with Gasteiger partial charge in [-0.25, -0.2) is 9.37 Å². The standard InChI is InChI=1S/C14H10FNOS2/c15-10-5-1-4-8-13(10)19(17)9-14-16-11-6-2-3-7-12(11)18-14/h1-8H,9H2. The third kappa shape index (κ3) is 2.57. The number of hydrogen-bond donors (Lipinski definition) is 0. The third-order valence-electron chi connectivity index (χ3n) is 2.67. The number of aromatic nitrogens is 1. The van der Waals surface area contributed by atoms with E-state index in [1.807, 2.05) is 24.3 Å². The Kier molecular flexibility index (Phi) is 3.40. The third-order valence-corrected chi connectivity index (χ3v) is 5.25. The number of hydrogen-bond acceptors (Lipinski definition) is 3. The molecule has 1 atom stereocenters. The number of fused-ring (bicyclic) bond motifs is 1. The van der Waals surface area contributed by atoms with Crippen molar-refractivity contribution in [1.82, 2.24) is 4.98 Å². The average molecular weight is 291 g/mol. The Morgan fingerprint density at radius 2 is 1.84 bits per heavy atom. The van der Waals surface area contributed by atoms with E-state index < -0.39 is 16.6 Å². The highest BCUT2D eigenvalue weighted by Gasteiger charge is 2.12. The summed E-state index contributed by atoms with van der Waals surface area (Å²) in [6.07, 6.45) is 0. The maximum Gasteiger partial charge on any atom is 0.139 e. The highest BCUT2D eigenvalue weighted by Crippen LogP contribution is 2.24. The highest BCUT2D eigenvalue weighted by atomic mass is 32.2. The SMILES string of the molecule is O=S(Cc1nc2ccccc2s1)c1ccccc1F. The average Bonchev–Trinajstić information content (AvgIpc) is 2.81. The van der Waals surface area contributed by atoms with Crippen molar-refractivity contribution in [2.45, 2.75) is 10.6 Å². The predicted octanol–water partition coefficient (Wildman–Crippen LogP) is 3.74. The van der Waals surface area contributed by atoms with Gasteiger partial charge in [0.05, 0.1) is 31.7 Å². The van der Waals surface area contributed by atoms with Crippen LogP contribution in [0.2, 0.25) is 0 Å². The Labute approximate surface area is 116 Å². The van der Waals surface area contributed by atoms with Crippen molar-refractivity contribution >= 4 is 32.4 Å². The highest BCUT2D eigenvalue weighted by molar-refractivity contribution is 7.84. The normalized spacial score (nSPS) is 12.7. The lowest BCUT2D eigenvalue weighted by molar-refractivity contribution is 0.595. The molecule has 0 aliphatic carbocycles. The quantitative estimate of drug-likeness (QED) is 0.735. The maximum atomic E-state index is 13.5. The van der Waals surface area contributed by atoms with Crippen LogP contribution in [-0.4, -0.2) is 9.19 Å². The van der Waals surface area contributed by atoms with Crippen LogP contribution in [0.3, 0.4) is 0 Å². The van der Waals surface area contributed by atoms with Gasteiger partial charge in [0.2, 0.25) is 0 Å². The molecule has 3 rings (SSSR count). The smallest absolute Gasteiger partial charge is 0.139 e. The van der Waals surface area contributed by atoms with Gasteiger partial charge in [-0.2, -0.15) is 0 Å².